The lowest BCUT2D eigenvalue weighted by molar-refractivity contribution is 0.0924. The van der Waals surface area contributed by atoms with Crippen molar-refractivity contribution in [1.29, 1.82) is 0 Å². The Morgan fingerprint density at radius 2 is 1.84 bits per heavy atom. The number of nitrogens with zero attached hydrogens (tertiary/aromatic N) is 1. The molecule has 0 aromatic heterocycles. The van der Waals surface area contributed by atoms with Gasteiger partial charge >= 0.3 is 0 Å². The fourth-order valence-electron chi connectivity index (χ4n) is 3.16. The first kappa shape index (κ1) is 15.3. The lowest BCUT2D eigenvalue weighted by Gasteiger charge is -2.39. The molecule has 0 amide bonds. The lowest BCUT2D eigenvalue weighted by atomic mass is 9.92. The Kier molecular flexibility index (Phi) is 4.91. The molecule has 2 fully saturated rings. The zero-order valence-corrected chi connectivity index (χ0v) is 13.2. The smallest absolute Gasteiger partial charge is 0.0611 e. The molecule has 2 saturated carbocycles. The van der Waals surface area contributed by atoms with E-state index in [1.54, 1.807) is 0 Å². The number of hydrogen-bond acceptors (Lipinski definition) is 3. The molecule has 0 aromatic carbocycles. The highest BCUT2D eigenvalue weighted by Gasteiger charge is 2.35. The van der Waals surface area contributed by atoms with Crippen LogP contribution in [0.15, 0.2) is 0 Å². The predicted molar refractivity (Wildman–Crippen MR) is 80.3 cm³/mol. The van der Waals surface area contributed by atoms with Gasteiger partial charge in [-0.15, -0.1) is 0 Å². The molecule has 0 aliphatic heterocycles. The molecule has 19 heavy (non-hydrogen) atoms. The van der Waals surface area contributed by atoms with Crippen LogP contribution in [0.5, 0.6) is 0 Å². The minimum atomic E-state index is -0.114. The maximum Gasteiger partial charge on any atom is 0.0611 e. The van der Waals surface area contributed by atoms with E-state index < -0.39 is 0 Å². The van der Waals surface area contributed by atoms with Gasteiger partial charge in [0, 0.05) is 30.2 Å². The van der Waals surface area contributed by atoms with Crippen LogP contribution in [-0.4, -0.2) is 46.8 Å². The van der Waals surface area contributed by atoms with E-state index in [2.05, 4.69) is 37.9 Å². The van der Waals surface area contributed by atoms with Crippen molar-refractivity contribution in [2.24, 2.45) is 5.92 Å². The number of aliphatic hydroxyl groups excluding tert-OH is 1. The summed E-state index contributed by atoms with van der Waals surface area (Å²) >= 11 is 0. The molecule has 2 aliphatic rings. The van der Waals surface area contributed by atoms with E-state index in [-0.39, 0.29) is 12.1 Å². The van der Waals surface area contributed by atoms with Crippen molar-refractivity contribution in [3.63, 3.8) is 0 Å². The maximum atomic E-state index is 9.74. The SMILES string of the molecule is CC(C)N(CC1CC1)C(C)CC(C)(CO)NC1CC1. The van der Waals surface area contributed by atoms with Gasteiger partial charge in [0.15, 0.2) is 0 Å². The topological polar surface area (TPSA) is 35.5 Å². The van der Waals surface area contributed by atoms with Crippen LogP contribution in [-0.2, 0) is 0 Å². The molecule has 2 rings (SSSR count). The first-order valence-electron chi connectivity index (χ1n) is 8.08. The normalized spacial score (nSPS) is 24.8. The third kappa shape index (κ3) is 4.73. The van der Waals surface area contributed by atoms with E-state index >= 15 is 0 Å². The van der Waals surface area contributed by atoms with Crippen LogP contribution >= 0.6 is 0 Å². The van der Waals surface area contributed by atoms with E-state index in [0.29, 0.717) is 18.1 Å². The number of hydrogen-bond donors (Lipinski definition) is 2. The van der Waals surface area contributed by atoms with Gasteiger partial charge in [0.1, 0.15) is 0 Å². The molecular formula is C16H32N2O. The molecule has 0 spiro atoms. The largest absolute Gasteiger partial charge is 0.394 e. The average molecular weight is 268 g/mol. The molecule has 0 saturated heterocycles. The summed E-state index contributed by atoms with van der Waals surface area (Å²) in [6.07, 6.45) is 6.41. The first-order valence-corrected chi connectivity index (χ1v) is 8.08. The van der Waals surface area contributed by atoms with Crippen LogP contribution < -0.4 is 5.32 Å². The van der Waals surface area contributed by atoms with Crippen LogP contribution in [0.3, 0.4) is 0 Å². The Morgan fingerprint density at radius 1 is 1.21 bits per heavy atom. The maximum absolute atomic E-state index is 9.74. The lowest BCUT2D eigenvalue weighted by Crippen LogP contribution is -2.52. The second-order valence-electron chi connectivity index (χ2n) is 7.42. The summed E-state index contributed by atoms with van der Waals surface area (Å²) in [5, 5.41) is 13.4. The fraction of sp³-hybridized carbons (Fsp3) is 1.00. The highest BCUT2D eigenvalue weighted by atomic mass is 16.3. The molecule has 0 radical (unpaired) electrons. The van der Waals surface area contributed by atoms with Crippen LogP contribution in [0.25, 0.3) is 0 Å². The van der Waals surface area contributed by atoms with Crippen LogP contribution in [0.1, 0.15) is 59.8 Å². The third-order valence-electron chi connectivity index (χ3n) is 4.62. The van der Waals surface area contributed by atoms with E-state index in [4.69, 9.17) is 0 Å². The van der Waals surface area contributed by atoms with Crippen molar-refractivity contribution in [2.45, 2.75) is 83.5 Å². The van der Waals surface area contributed by atoms with Crippen molar-refractivity contribution in [3.05, 3.63) is 0 Å². The van der Waals surface area contributed by atoms with Gasteiger partial charge in [0.05, 0.1) is 6.61 Å². The van der Waals surface area contributed by atoms with Gasteiger partial charge in [0.2, 0.25) is 0 Å². The van der Waals surface area contributed by atoms with Gasteiger partial charge in [-0.25, -0.2) is 0 Å². The molecule has 3 nitrogen and oxygen atoms in total. The summed E-state index contributed by atoms with van der Waals surface area (Å²) in [6.45, 7) is 10.6. The summed E-state index contributed by atoms with van der Waals surface area (Å²) < 4.78 is 0. The standard InChI is InChI=1S/C16H32N2O/c1-12(2)18(10-14-5-6-14)13(3)9-16(4,11-19)17-15-7-8-15/h12-15,17,19H,5-11H2,1-4H3. The number of rotatable bonds is 9. The minimum Gasteiger partial charge on any atom is -0.394 e. The number of nitrogens with one attached hydrogen (secondary N) is 1. The Labute approximate surface area is 118 Å². The quantitative estimate of drug-likeness (QED) is 0.674. The number of aliphatic hydroxyl groups is 1. The third-order valence-corrected chi connectivity index (χ3v) is 4.62. The minimum absolute atomic E-state index is 0.114. The highest BCUT2D eigenvalue weighted by molar-refractivity contribution is 4.95. The van der Waals surface area contributed by atoms with Gasteiger partial charge in [-0.05, 0) is 65.7 Å². The van der Waals surface area contributed by atoms with E-state index in [1.807, 2.05) is 0 Å². The van der Waals surface area contributed by atoms with Crippen molar-refractivity contribution >= 4 is 0 Å². The molecule has 2 unspecified atom stereocenters. The molecule has 2 aliphatic carbocycles. The monoisotopic (exact) mass is 268 g/mol. The van der Waals surface area contributed by atoms with E-state index in [1.165, 1.54) is 32.2 Å². The second-order valence-corrected chi connectivity index (χ2v) is 7.42. The summed E-state index contributed by atoms with van der Waals surface area (Å²) in [4.78, 5) is 2.63. The predicted octanol–water partition coefficient (Wildman–Crippen LogP) is 2.39. The molecule has 2 atom stereocenters. The summed E-state index contributed by atoms with van der Waals surface area (Å²) in [5.41, 5.74) is -0.114. The average Bonchev–Trinajstić information content (AvgIpc) is 3.20. The van der Waals surface area contributed by atoms with Crippen molar-refractivity contribution in [1.82, 2.24) is 10.2 Å². The first-order chi connectivity index (χ1) is 8.93. The van der Waals surface area contributed by atoms with Crippen LogP contribution in [0.4, 0.5) is 0 Å². The van der Waals surface area contributed by atoms with Crippen molar-refractivity contribution in [3.8, 4) is 0 Å². The Bertz CT molecular complexity index is 286. The second kappa shape index (κ2) is 6.11. The Balaban J connectivity index is 1.88. The molecular weight excluding hydrogens is 236 g/mol. The Morgan fingerprint density at radius 3 is 2.26 bits per heavy atom. The fourth-order valence-corrected chi connectivity index (χ4v) is 3.16. The van der Waals surface area contributed by atoms with Crippen molar-refractivity contribution in [2.75, 3.05) is 13.2 Å². The zero-order chi connectivity index (χ0) is 14.0. The molecule has 0 bridgehead atoms. The molecule has 0 aromatic rings. The summed E-state index contributed by atoms with van der Waals surface area (Å²) in [5.74, 6) is 0.932. The van der Waals surface area contributed by atoms with Gasteiger partial charge in [0.25, 0.3) is 0 Å². The Hall–Kier alpha value is -0.120. The molecule has 112 valence electrons. The zero-order valence-electron chi connectivity index (χ0n) is 13.2. The molecule has 2 N–H and O–H groups in total. The van der Waals surface area contributed by atoms with Crippen LogP contribution in [0, 0.1) is 5.92 Å². The van der Waals surface area contributed by atoms with Gasteiger partial charge < -0.3 is 10.4 Å². The molecule has 3 heteroatoms. The van der Waals surface area contributed by atoms with E-state index in [9.17, 15) is 5.11 Å². The highest BCUT2D eigenvalue weighted by Crippen LogP contribution is 2.32. The van der Waals surface area contributed by atoms with Gasteiger partial charge in [-0.1, -0.05) is 0 Å². The molecule has 0 heterocycles. The summed E-state index contributed by atoms with van der Waals surface area (Å²) in [6, 6.07) is 1.78. The summed E-state index contributed by atoms with van der Waals surface area (Å²) in [7, 11) is 0. The van der Waals surface area contributed by atoms with Crippen molar-refractivity contribution < 1.29 is 5.11 Å². The van der Waals surface area contributed by atoms with Crippen LogP contribution in [0.2, 0.25) is 0 Å². The van der Waals surface area contributed by atoms with Gasteiger partial charge in [-0.2, -0.15) is 0 Å². The van der Waals surface area contributed by atoms with E-state index in [0.717, 1.165) is 12.3 Å². The van der Waals surface area contributed by atoms with Gasteiger partial charge in [-0.3, -0.25) is 4.90 Å².